The molecule has 2 aromatic carbocycles. The smallest absolute Gasteiger partial charge is 0.337 e. The average Bonchev–Trinajstić information content (AvgIpc) is 2.79. The molecular weight excluding hydrogens is 436 g/mol. The summed E-state index contributed by atoms with van der Waals surface area (Å²) >= 11 is 0. The number of allylic oxidation sites excluding steroid dienone is 6. The molecule has 4 N–H and O–H groups in total. The fourth-order valence-corrected chi connectivity index (χ4v) is 2.88. The van der Waals surface area contributed by atoms with Crippen molar-refractivity contribution in [1.82, 2.24) is 0 Å². The van der Waals surface area contributed by atoms with E-state index in [1.54, 1.807) is 50.3 Å². The van der Waals surface area contributed by atoms with E-state index in [-0.39, 0.29) is 22.5 Å². The predicted molar refractivity (Wildman–Crippen MR) is 131 cm³/mol. The molecule has 0 saturated heterocycles. The lowest BCUT2D eigenvalue weighted by molar-refractivity contribution is -0.112. The summed E-state index contributed by atoms with van der Waals surface area (Å²) in [7, 11) is 0. The number of carboxylic acid groups (broad SMARTS) is 2. The molecular formula is C26H24N2O6. The number of benzene rings is 2. The summed E-state index contributed by atoms with van der Waals surface area (Å²) in [5, 5.41) is 24.2. The largest absolute Gasteiger partial charge is 0.478 e. The van der Waals surface area contributed by atoms with Crippen LogP contribution in [0.1, 0.15) is 34.6 Å². The van der Waals surface area contributed by atoms with Gasteiger partial charge in [0.05, 0.1) is 22.5 Å². The van der Waals surface area contributed by atoms with E-state index in [0.29, 0.717) is 11.1 Å². The van der Waals surface area contributed by atoms with Gasteiger partial charge in [-0.3, -0.25) is 9.59 Å². The number of carboxylic acids is 2. The number of carbonyl (C=O) groups is 4. The standard InChI is InChI=1S/C26H24N2O6/c1-3-5-7-9-23(29)27-21-13-11-17(15-19(21)25(31)32)18-12-14-22(20(16-18)26(33)34)28-24(30)10-8-6-4-2/h3-16H,1-2H3,(H,27,29)(H,28,30)(H,31,32)(H,33,34)/b5-3+,6-4+,9-7+,10-8+. The molecule has 0 saturated carbocycles. The number of anilines is 2. The van der Waals surface area contributed by atoms with Crippen LogP contribution in [0.5, 0.6) is 0 Å². The molecule has 0 unspecified atom stereocenters. The second-order valence-corrected chi connectivity index (χ2v) is 6.88. The van der Waals surface area contributed by atoms with Gasteiger partial charge in [-0.2, -0.15) is 0 Å². The van der Waals surface area contributed by atoms with Crippen LogP contribution in [0.3, 0.4) is 0 Å². The minimum atomic E-state index is -1.26. The van der Waals surface area contributed by atoms with Gasteiger partial charge in [-0.1, -0.05) is 48.6 Å². The molecule has 8 nitrogen and oxygen atoms in total. The van der Waals surface area contributed by atoms with E-state index in [2.05, 4.69) is 10.6 Å². The molecule has 0 heterocycles. The number of carbonyl (C=O) groups excluding carboxylic acids is 2. The van der Waals surface area contributed by atoms with Crippen LogP contribution in [-0.4, -0.2) is 34.0 Å². The zero-order chi connectivity index (χ0) is 25.1. The van der Waals surface area contributed by atoms with Gasteiger partial charge >= 0.3 is 11.9 Å². The van der Waals surface area contributed by atoms with Crippen molar-refractivity contribution in [1.29, 1.82) is 0 Å². The van der Waals surface area contributed by atoms with Crippen LogP contribution in [0.2, 0.25) is 0 Å². The fraction of sp³-hybridized carbons (Fsp3) is 0.0769. The lowest BCUT2D eigenvalue weighted by Gasteiger charge is -2.12. The molecule has 8 heteroatoms. The van der Waals surface area contributed by atoms with Crippen molar-refractivity contribution in [2.75, 3.05) is 10.6 Å². The molecule has 0 aromatic heterocycles. The third kappa shape index (κ3) is 7.16. The van der Waals surface area contributed by atoms with Crippen LogP contribution in [0.4, 0.5) is 11.4 Å². The van der Waals surface area contributed by atoms with Crippen molar-refractivity contribution in [3.8, 4) is 11.1 Å². The quantitative estimate of drug-likeness (QED) is 0.311. The molecule has 0 aliphatic heterocycles. The number of amides is 2. The second kappa shape index (κ2) is 12.4. The van der Waals surface area contributed by atoms with E-state index in [1.165, 1.54) is 48.6 Å². The van der Waals surface area contributed by atoms with Gasteiger partial charge in [-0.05, 0) is 49.2 Å². The third-order valence-electron chi connectivity index (χ3n) is 4.45. The molecule has 34 heavy (non-hydrogen) atoms. The lowest BCUT2D eigenvalue weighted by Crippen LogP contribution is -2.13. The molecule has 2 rings (SSSR count). The molecule has 174 valence electrons. The summed E-state index contributed by atoms with van der Waals surface area (Å²) in [5.41, 5.74) is 0.729. The Hall–Kier alpha value is -4.72. The van der Waals surface area contributed by atoms with E-state index >= 15 is 0 Å². The summed E-state index contributed by atoms with van der Waals surface area (Å²) in [4.78, 5) is 47.6. The van der Waals surface area contributed by atoms with E-state index in [0.717, 1.165) is 0 Å². The maximum Gasteiger partial charge on any atom is 0.337 e. The molecule has 0 radical (unpaired) electrons. The zero-order valence-electron chi connectivity index (χ0n) is 18.6. The Labute approximate surface area is 196 Å². The first-order valence-electron chi connectivity index (χ1n) is 10.2. The summed E-state index contributed by atoms with van der Waals surface area (Å²) in [6.07, 6.45) is 12.4. The first-order chi connectivity index (χ1) is 16.3. The molecule has 0 fully saturated rings. The van der Waals surface area contributed by atoms with Crippen molar-refractivity contribution in [3.63, 3.8) is 0 Å². The second-order valence-electron chi connectivity index (χ2n) is 6.88. The Morgan fingerprint density at radius 1 is 0.647 bits per heavy atom. The van der Waals surface area contributed by atoms with E-state index < -0.39 is 23.8 Å². The average molecular weight is 460 g/mol. The monoisotopic (exact) mass is 460 g/mol. The molecule has 0 aliphatic rings. The van der Waals surface area contributed by atoms with Gasteiger partial charge in [0.15, 0.2) is 0 Å². The van der Waals surface area contributed by atoms with Crippen LogP contribution < -0.4 is 10.6 Å². The lowest BCUT2D eigenvalue weighted by atomic mass is 9.99. The molecule has 0 aliphatic carbocycles. The zero-order valence-corrected chi connectivity index (χ0v) is 18.6. The Kier molecular flexibility index (Phi) is 9.28. The Balaban J connectivity index is 2.39. The van der Waals surface area contributed by atoms with E-state index in [1.807, 2.05) is 0 Å². The van der Waals surface area contributed by atoms with Gasteiger partial charge in [0, 0.05) is 12.2 Å². The molecule has 2 amide bonds. The Morgan fingerprint density at radius 3 is 1.35 bits per heavy atom. The van der Waals surface area contributed by atoms with Crippen molar-refractivity contribution in [3.05, 3.63) is 96.1 Å². The highest BCUT2D eigenvalue weighted by atomic mass is 16.4. The van der Waals surface area contributed by atoms with E-state index in [9.17, 15) is 29.4 Å². The van der Waals surface area contributed by atoms with Crippen LogP contribution >= 0.6 is 0 Å². The fourth-order valence-electron chi connectivity index (χ4n) is 2.88. The molecule has 0 atom stereocenters. The first kappa shape index (κ1) is 25.5. The number of hydrogen-bond donors (Lipinski definition) is 4. The van der Waals surface area contributed by atoms with Gasteiger partial charge in [0.25, 0.3) is 0 Å². The van der Waals surface area contributed by atoms with Gasteiger partial charge in [-0.25, -0.2) is 9.59 Å². The Morgan fingerprint density at radius 2 is 1.03 bits per heavy atom. The maximum atomic E-state index is 12.0. The highest BCUT2D eigenvalue weighted by Gasteiger charge is 2.16. The SMILES string of the molecule is C/C=C/C=C/C(=O)Nc1ccc(-c2ccc(NC(=O)/C=C/C=C/C)c(C(=O)O)c2)cc1C(=O)O. The summed E-state index contributed by atoms with van der Waals surface area (Å²) in [6, 6.07) is 8.68. The van der Waals surface area contributed by atoms with E-state index in [4.69, 9.17) is 0 Å². The highest BCUT2D eigenvalue weighted by molar-refractivity contribution is 6.06. The topological polar surface area (TPSA) is 133 Å². The van der Waals surface area contributed by atoms with Crippen molar-refractivity contribution < 1.29 is 29.4 Å². The number of aromatic carboxylic acids is 2. The summed E-state index contributed by atoms with van der Waals surface area (Å²) < 4.78 is 0. The molecule has 0 bridgehead atoms. The first-order valence-corrected chi connectivity index (χ1v) is 10.2. The highest BCUT2D eigenvalue weighted by Crippen LogP contribution is 2.29. The summed E-state index contributed by atoms with van der Waals surface area (Å²) in [5.74, 6) is -3.51. The normalized spacial score (nSPS) is 11.5. The van der Waals surface area contributed by atoms with Crippen LogP contribution in [0.25, 0.3) is 11.1 Å². The Bertz CT molecular complexity index is 1130. The molecule has 0 spiro atoms. The van der Waals surface area contributed by atoms with Gasteiger partial charge in [-0.15, -0.1) is 0 Å². The van der Waals surface area contributed by atoms with Gasteiger partial charge in [0.1, 0.15) is 0 Å². The van der Waals surface area contributed by atoms with Crippen LogP contribution in [-0.2, 0) is 9.59 Å². The number of rotatable bonds is 9. The van der Waals surface area contributed by atoms with Gasteiger partial charge in [0.2, 0.25) is 11.8 Å². The molecule has 2 aromatic rings. The predicted octanol–water partition coefficient (Wildman–Crippen LogP) is 4.89. The van der Waals surface area contributed by atoms with Crippen molar-refractivity contribution in [2.24, 2.45) is 0 Å². The van der Waals surface area contributed by atoms with Crippen molar-refractivity contribution in [2.45, 2.75) is 13.8 Å². The minimum absolute atomic E-state index is 0.0987. The third-order valence-corrected chi connectivity index (χ3v) is 4.45. The van der Waals surface area contributed by atoms with Crippen LogP contribution in [0.15, 0.2) is 85.0 Å². The van der Waals surface area contributed by atoms with Crippen LogP contribution in [0, 0.1) is 0 Å². The van der Waals surface area contributed by atoms with Crippen molar-refractivity contribution >= 4 is 35.1 Å². The number of hydrogen-bond acceptors (Lipinski definition) is 4. The summed E-state index contributed by atoms with van der Waals surface area (Å²) in [6.45, 7) is 3.59. The maximum absolute atomic E-state index is 12.0. The van der Waals surface area contributed by atoms with Gasteiger partial charge < -0.3 is 20.8 Å². The number of nitrogens with one attached hydrogen (secondary N) is 2. The minimum Gasteiger partial charge on any atom is -0.478 e.